The van der Waals surface area contributed by atoms with E-state index in [4.69, 9.17) is 0 Å². The van der Waals surface area contributed by atoms with Crippen LogP contribution in [0.1, 0.15) is 6.42 Å². The molecule has 0 amide bonds. The highest BCUT2D eigenvalue weighted by Gasteiger charge is 2.41. The van der Waals surface area contributed by atoms with Crippen molar-refractivity contribution in [2.75, 3.05) is 23.4 Å². The summed E-state index contributed by atoms with van der Waals surface area (Å²) >= 11 is 3.33. The van der Waals surface area contributed by atoms with Gasteiger partial charge in [-0.05, 0) is 30.7 Å². The second-order valence-electron chi connectivity index (χ2n) is 4.41. The number of aliphatic hydroxyl groups excluding tert-OH is 1. The van der Waals surface area contributed by atoms with Crippen LogP contribution >= 0.6 is 15.9 Å². The minimum absolute atomic E-state index is 0.00738. The lowest BCUT2D eigenvalue weighted by molar-refractivity contribution is 0.226. The lowest BCUT2D eigenvalue weighted by atomic mass is 10.00. The molecule has 6 heteroatoms. The fourth-order valence-corrected chi connectivity index (χ4v) is 4.28. The van der Waals surface area contributed by atoms with Crippen LogP contribution in [0, 0.1) is 0 Å². The van der Waals surface area contributed by atoms with E-state index in [0.717, 1.165) is 10.2 Å². The van der Waals surface area contributed by atoms with Crippen molar-refractivity contribution in [2.45, 2.75) is 12.0 Å². The SMILES string of the molecule is O=S1(=O)CCC(CO)(Nc2ccc(Br)cc2)C1. The third kappa shape index (κ3) is 3.00. The molecule has 1 fully saturated rings. The van der Waals surface area contributed by atoms with E-state index in [-0.39, 0.29) is 18.1 Å². The summed E-state index contributed by atoms with van der Waals surface area (Å²) in [6.45, 7) is -0.178. The highest BCUT2D eigenvalue weighted by molar-refractivity contribution is 9.10. The van der Waals surface area contributed by atoms with Gasteiger partial charge in [0.15, 0.2) is 9.84 Å². The molecule has 0 aliphatic carbocycles. The van der Waals surface area contributed by atoms with Gasteiger partial charge in [-0.15, -0.1) is 0 Å². The van der Waals surface area contributed by atoms with Crippen molar-refractivity contribution in [3.63, 3.8) is 0 Å². The number of hydrogen-bond acceptors (Lipinski definition) is 4. The van der Waals surface area contributed by atoms with Crippen molar-refractivity contribution in [1.29, 1.82) is 0 Å². The van der Waals surface area contributed by atoms with Crippen molar-refractivity contribution in [3.05, 3.63) is 28.7 Å². The molecule has 1 saturated heterocycles. The van der Waals surface area contributed by atoms with Crippen molar-refractivity contribution in [3.8, 4) is 0 Å². The second kappa shape index (κ2) is 4.59. The van der Waals surface area contributed by atoms with Gasteiger partial charge in [-0.1, -0.05) is 15.9 Å². The normalized spacial score (nSPS) is 26.9. The lowest BCUT2D eigenvalue weighted by Gasteiger charge is -2.27. The van der Waals surface area contributed by atoms with Crippen molar-refractivity contribution in [2.24, 2.45) is 0 Å². The highest BCUT2D eigenvalue weighted by atomic mass is 79.9. The Kier molecular flexibility index (Phi) is 3.47. The van der Waals surface area contributed by atoms with E-state index in [9.17, 15) is 13.5 Å². The summed E-state index contributed by atoms with van der Waals surface area (Å²) in [7, 11) is -3.03. The Morgan fingerprint density at radius 2 is 2.00 bits per heavy atom. The number of benzene rings is 1. The molecule has 0 radical (unpaired) electrons. The van der Waals surface area contributed by atoms with Gasteiger partial charge in [0.1, 0.15) is 0 Å². The Labute approximate surface area is 109 Å². The van der Waals surface area contributed by atoms with Crippen LogP contribution in [0.2, 0.25) is 0 Å². The molecule has 1 aromatic carbocycles. The van der Waals surface area contributed by atoms with Crippen LogP contribution < -0.4 is 5.32 Å². The first kappa shape index (κ1) is 12.9. The zero-order valence-corrected chi connectivity index (χ0v) is 11.6. The topological polar surface area (TPSA) is 66.4 Å². The molecule has 0 aromatic heterocycles. The molecule has 1 aliphatic rings. The third-order valence-corrected chi connectivity index (χ3v) is 5.29. The molecule has 2 rings (SSSR count). The molecule has 2 N–H and O–H groups in total. The monoisotopic (exact) mass is 319 g/mol. The summed E-state index contributed by atoms with van der Waals surface area (Å²) in [6.07, 6.45) is 0.446. The van der Waals surface area contributed by atoms with E-state index >= 15 is 0 Å². The number of aliphatic hydroxyl groups is 1. The molecule has 1 unspecified atom stereocenters. The molecular weight excluding hydrogens is 306 g/mol. The Hall–Kier alpha value is -0.590. The van der Waals surface area contributed by atoms with E-state index in [1.165, 1.54) is 0 Å². The third-order valence-electron chi connectivity index (χ3n) is 2.94. The van der Waals surface area contributed by atoms with Gasteiger partial charge in [-0.25, -0.2) is 8.42 Å². The summed E-state index contributed by atoms with van der Waals surface area (Å²) in [4.78, 5) is 0. The number of anilines is 1. The molecule has 94 valence electrons. The van der Waals surface area contributed by atoms with Crippen molar-refractivity contribution < 1.29 is 13.5 Å². The molecule has 1 heterocycles. The fraction of sp³-hybridized carbons (Fsp3) is 0.455. The molecule has 0 saturated carbocycles. The average Bonchev–Trinajstić information content (AvgIpc) is 2.59. The van der Waals surface area contributed by atoms with Gasteiger partial charge in [-0.2, -0.15) is 0 Å². The Morgan fingerprint density at radius 3 is 2.47 bits per heavy atom. The number of sulfone groups is 1. The van der Waals surface area contributed by atoms with Crippen molar-refractivity contribution >= 4 is 31.5 Å². The molecule has 0 spiro atoms. The zero-order valence-electron chi connectivity index (χ0n) is 9.19. The Morgan fingerprint density at radius 1 is 1.35 bits per heavy atom. The van der Waals surface area contributed by atoms with Gasteiger partial charge < -0.3 is 10.4 Å². The van der Waals surface area contributed by atoms with E-state index in [2.05, 4.69) is 21.2 Å². The van der Waals surface area contributed by atoms with Crippen LogP contribution in [0.3, 0.4) is 0 Å². The van der Waals surface area contributed by atoms with E-state index < -0.39 is 15.4 Å². The smallest absolute Gasteiger partial charge is 0.152 e. The number of halogens is 1. The van der Waals surface area contributed by atoms with Gasteiger partial charge in [0.2, 0.25) is 0 Å². The Balaban J connectivity index is 2.18. The van der Waals surface area contributed by atoms with Crippen LogP contribution in [0.4, 0.5) is 5.69 Å². The average molecular weight is 320 g/mol. The molecular formula is C11H14BrNO3S. The fourth-order valence-electron chi connectivity index (χ4n) is 2.02. The standard InChI is InChI=1S/C11H14BrNO3S/c12-9-1-3-10(4-2-9)13-11(7-14)5-6-17(15,16)8-11/h1-4,13-14H,5-8H2. The predicted molar refractivity (Wildman–Crippen MR) is 70.9 cm³/mol. The van der Waals surface area contributed by atoms with Crippen LogP contribution in [0.15, 0.2) is 28.7 Å². The molecule has 1 aliphatic heterocycles. The maximum atomic E-state index is 11.5. The summed E-state index contributed by atoms with van der Waals surface area (Å²) in [5.74, 6) is 0.129. The van der Waals surface area contributed by atoms with E-state index in [1.807, 2.05) is 24.3 Å². The van der Waals surface area contributed by atoms with Crippen LogP contribution in [0.25, 0.3) is 0 Å². The number of rotatable bonds is 3. The van der Waals surface area contributed by atoms with Crippen LogP contribution in [-0.2, 0) is 9.84 Å². The Bertz CT molecular complexity index is 500. The maximum absolute atomic E-state index is 11.5. The summed E-state index contributed by atoms with van der Waals surface area (Å²) in [6, 6.07) is 7.45. The van der Waals surface area contributed by atoms with E-state index in [1.54, 1.807) is 0 Å². The quantitative estimate of drug-likeness (QED) is 0.884. The first-order chi connectivity index (χ1) is 7.95. The van der Waals surface area contributed by atoms with Crippen LogP contribution in [-0.4, -0.2) is 37.2 Å². The summed E-state index contributed by atoms with van der Waals surface area (Å²) < 4.78 is 23.9. The predicted octanol–water partition coefficient (Wildman–Crippen LogP) is 1.41. The molecule has 1 atom stereocenters. The summed E-state index contributed by atoms with van der Waals surface area (Å²) in [5.41, 5.74) is 0.0893. The van der Waals surface area contributed by atoms with Gasteiger partial charge >= 0.3 is 0 Å². The van der Waals surface area contributed by atoms with Gasteiger partial charge in [0.05, 0.1) is 23.7 Å². The van der Waals surface area contributed by atoms with E-state index in [0.29, 0.717) is 6.42 Å². The van der Waals surface area contributed by atoms with Crippen molar-refractivity contribution in [1.82, 2.24) is 0 Å². The molecule has 17 heavy (non-hydrogen) atoms. The number of hydrogen-bond donors (Lipinski definition) is 2. The maximum Gasteiger partial charge on any atom is 0.152 e. The number of nitrogens with one attached hydrogen (secondary N) is 1. The molecule has 0 bridgehead atoms. The largest absolute Gasteiger partial charge is 0.394 e. The summed E-state index contributed by atoms with van der Waals surface area (Å²) in [5, 5.41) is 12.6. The highest BCUT2D eigenvalue weighted by Crippen LogP contribution is 2.28. The van der Waals surface area contributed by atoms with Gasteiger partial charge in [0, 0.05) is 10.2 Å². The van der Waals surface area contributed by atoms with Gasteiger partial charge in [0.25, 0.3) is 0 Å². The lowest BCUT2D eigenvalue weighted by Crippen LogP contribution is -2.43. The van der Waals surface area contributed by atoms with Gasteiger partial charge in [-0.3, -0.25) is 0 Å². The second-order valence-corrected chi connectivity index (χ2v) is 7.51. The molecule has 1 aromatic rings. The minimum atomic E-state index is -3.03. The van der Waals surface area contributed by atoms with Crippen LogP contribution in [0.5, 0.6) is 0 Å². The first-order valence-electron chi connectivity index (χ1n) is 5.30. The first-order valence-corrected chi connectivity index (χ1v) is 7.91. The zero-order chi connectivity index (χ0) is 12.5. The molecule has 4 nitrogen and oxygen atoms in total. The minimum Gasteiger partial charge on any atom is -0.394 e.